The lowest BCUT2D eigenvalue weighted by Crippen LogP contribution is -2.29. The molecule has 0 aromatic heterocycles. The molecule has 0 aliphatic carbocycles. The van der Waals surface area contributed by atoms with Gasteiger partial charge in [0.15, 0.2) is 0 Å². The van der Waals surface area contributed by atoms with Crippen LogP contribution in [-0.4, -0.2) is 0 Å². The molecule has 3 N–H and O–H groups in total. The fourth-order valence-corrected chi connectivity index (χ4v) is 2.89. The summed E-state index contributed by atoms with van der Waals surface area (Å²) in [6.45, 7) is 4.29. The fourth-order valence-electron chi connectivity index (χ4n) is 2.42. The van der Waals surface area contributed by atoms with Crippen molar-refractivity contribution in [1.82, 2.24) is 5.43 Å². The average Bonchev–Trinajstić information content (AvgIpc) is 2.45. The molecule has 1 atom stereocenters. The summed E-state index contributed by atoms with van der Waals surface area (Å²) >= 11 is 3.61. The highest BCUT2D eigenvalue weighted by Gasteiger charge is 2.15. The Hall–Kier alpha value is -1.16. The molecule has 0 saturated heterocycles. The first kappa shape index (κ1) is 15.2. The topological polar surface area (TPSA) is 38.0 Å². The Bertz CT molecular complexity index is 564. The molecule has 106 valence electrons. The summed E-state index contributed by atoms with van der Waals surface area (Å²) in [6.07, 6.45) is 2.29. The summed E-state index contributed by atoms with van der Waals surface area (Å²) in [5.41, 5.74) is 7.86. The second-order valence-electron chi connectivity index (χ2n) is 5.12. The molecule has 0 fully saturated rings. The van der Waals surface area contributed by atoms with E-state index in [0.717, 1.165) is 16.5 Å². The summed E-state index contributed by atoms with van der Waals surface area (Å²) in [5.74, 6) is 5.78. The lowest BCUT2D eigenvalue weighted by Gasteiger charge is -2.19. The predicted octanol–water partition coefficient (Wildman–Crippen LogP) is 4.26. The molecule has 0 spiro atoms. The molecule has 0 bridgehead atoms. The molecule has 20 heavy (non-hydrogen) atoms. The summed E-state index contributed by atoms with van der Waals surface area (Å²) in [4.78, 5) is 0. The van der Waals surface area contributed by atoms with Crippen LogP contribution in [0.1, 0.15) is 41.6 Å². The van der Waals surface area contributed by atoms with Gasteiger partial charge >= 0.3 is 0 Å². The summed E-state index contributed by atoms with van der Waals surface area (Å²) in [7, 11) is 0. The van der Waals surface area contributed by atoms with Crippen LogP contribution in [0, 0.1) is 6.92 Å². The number of benzene rings is 2. The van der Waals surface area contributed by atoms with Crippen LogP contribution in [0.15, 0.2) is 46.9 Å². The van der Waals surface area contributed by atoms with E-state index >= 15 is 0 Å². The normalized spacial score (nSPS) is 12.4. The van der Waals surface area contributed by atoms with Crippen LogP contribution >= 0.6 is 15.9 Å². The maximum atomic E-state index is 5.78. The minimum atomic E-state index is -0.0000449. The molecule has 3 heteroatoms. The van der Waals surface area contributed by atoms with Gasteiger partial charge in [0.25, 0.3) is 0 Å². The molecule has 2 aromatic carbocycles. The lowest BCUT2D eigenvalue weighted by molar-refractivity contribution is 0.634. The maximum absolute atomic E-state index is 5.78. The Morgan fingerprint density at radius 3 is 2.45 bits per heavy atom. The van der Waals surface area contributed by atoms with Crippen molar-refractivity contribution in [3.8, 4) is 0 Å². The highest BCUT2D eigenvalue weighted by molar-refractivity contribution is 9.10. The van der Waals surface area contributed by atoms with E-state index in [4.69, 9.17) is 5.84 Å². The summed E-state index contributed by atoms with van der Waals surface area (Å²) in [6, 6.07) is 15.0. The highest BCUT2D eigenvalue weighted by atomic mass is 79.9. The molecular weight excluding hydrogens is 312 g/mol. The van der Waals surface area contributed by atoms with Crippen molar-refractivity contribution in [3.63, 3.8) is 0 Å². The first-order valence-corrected chi connectivity index (χ1v) is 7.76. The number of aryl methyl sites for hydroxylation is 2. The minimum Gasteiger partial charge on any atom is -0.271 e. The van der Waals surface area contributed by atoms with Gasteiger partial charge < -0.3 is 0 Å². The largest absolute Gasteiger partial charge is 0.271 e. The first-order valence-electron chi connectivity index (χ1n) is 6.96. The van der Waals surface area contributed by atoms with E-state index in [1.165, 1.54) is 23.1 Å². The molecule has 0 radical (unpaired) electrons. The van der Waals surface area contributed by atoms with Gasteiger partial charge in [0, 0.05) is 4.47 Å². The minimum absolute atomic E-state index is 0.0000449. The fraction of sp³-hybridized carbons (Fsp3) is 0.294. The highest BCUT2D eigenvalue weighted by Crippen LogP contribution is 2.29. The Labute approximate surface area is 129 Å². The second-order valence-corrected chi connectivity index (χ2v) is 5.97. The number of nitrogens with one attached hydrogen (secondary N) is 1. The monoisotopic (exact) mass is 332 g/mol. The quantitative estimate of drug-likeness (QED) is 0.634. The van der Waals surface area contributed by atoms with Gasteiger partial charge in [-0.1, -0.05) is 71.2 Å². The van der Waals surface area contributed by atoms with E-state index < -0.39 is 0 Å². The lowest BCUT2D eigenvalue weighted by atomic mass is 9.96. The number of rotatable bonds is 5. The van der Waals surface area contributed by atoms with E-state index in [-0.39, 0.29) is 6.04 Å². The van der Waals surface area contributed by atoms with Crippen LogP contribution in [0.25, 0.3) is 0 Å². The zero-order chi connectivity index (χ0) is 14.5. The molecule has 2 rings (SSSR count). The number of hydrogen-bond donors (Lipinski definition) is 2. The van der Waals surface area contributed by atoms with E-state index in [0.29, 0.717) is 0 Å². The van der Waals surface area contributed by atoms with E-state index in [2.05, 4.69) is 77.7 Å². The van der Waals surface area contributed by atoms with E-state index in [1.54, 1.807) is 0 Å². The summed E-state index contributed by atoms with van der Waals surface area (Å²) in [5, 5.41) is 0. The Balaban J connectivity index is 2.34. The van der Waals surface area contributed by atoms with Crippen molar-refractivity contribution in [1.29, 1.82) is 0 Å². The van der Waals surface area contributed by atoms with Gasteiger partial charge in [-0.2, -0.15) is 0 Å². The van der Waals surface area contributed by atoms with Crippen LogP contribution in [0.4, 0.5) is 0 Å². The Morgan fingerprint density at radius 2 is 1.85 bits per heavy atom. The van der Waals surface area contributed by atoms with Gasteiger partial charge in [0.1, 0.15) is 0 Å². The third-order valence-corrected chi connectivity index (χ3v) is 4.20. The standard InChI is InChI=1S/C17H21BrN2/c1-3-4-13-6-8-14(9-7-13)17(20-19)15-11-12(2)5-10-16(15)18/h5-11,17,20H,3-4,19H2,1-2H3. The number of halogens is 1. The maximum Gasteiger partial charge on any atom is 0.0721 e. The SMILES string of the molecule is CCCc1ccc(C(NN)c2cc(C)ccc2Br)cc1. The van der Waals surface area contributed by atoms with Crippen molar-refractivity contribution in [2.75, 3.05) is 0 Å². The molecular formula is C17H21BrN2. The van der Waals surface area contributed by atoms with Crippen molar-refractivity contribution in [2.24, 2.45) is 5.84 Å². The second kappa shape index (κ2) is 7.02. The van der Waals surface area contributed by atoms with Gasteiger partial charge in [0.05, 0.1) is 6.04 Å². The Morgan fingerprint density at radius 1 is 1.15 bits per heavy atom. The van der Waals surface area contributed by atoms with Gasteiger partial charge in [0.2, 0.25) is 0 Å². The first-order chi connectivity index (χ1) is 9.65. The predicted molar refractivity (Wildman–Crippen MR) is 88.5 cm³/mol. The number of hydrazine groups is 1. The third-order valence-electron chi connectivity index (χ3n) is 3.48. The number of hydrogen-bond acceptors (Lipinski definition) is 2. The van der Waals surface area contributed by atoms with Crippen LogP contribution in [0.5, 0.6) is 0 Å². The molecule has 0 saturated carbocycles. The smallest absolute Gasteiger partial charge is 0.0721 e. The van der Waals surface area contributed by atoms with Crippen molar-refractivity contribution in [3.05, 3.63) is 69.2 Å². The molecule has 0 aliphatic rings. The zero-order valence-electron chi connectivity index (χ0n) is 12.0. The molecule has 2 nitrogen and oxygen atoms in total. The zero-order valence-corrected chi connectivity index (χ0v) is 13.6. The number of nitrogens with two attached hydrogens (primary N) is 1. The molecule has 0 heterocycles. The van der Waals surface area contributed by atoms with E-state index in [9.17, 15) is 0 Å². The van der Waals surface area contributed by atoms with Crippen LogP contribution in [-0.2, 0) is 6.42 Å². The van der Waals surface area contributed by atoms with Gasteiger partial charge in [-0.3, -0.25) is 5.84 Å². The van der Waals surface area contributed by atoms with Crippen LogP contribution in [0.2, 0.25) is 0 Å². The van der Waals surface area contributed by atoms with Gasteiger partial charge in [-0.15, -0.1) is 0 Å². The van der Waals surface area contributed by atoms with Crippen LogP contribution in [0.3, 0.4) is 0 Å². The Kier molecular flexibility index (Phi) is 5.35. The third kappa shape index (κ3) is 3.48. The average molecular weight is 333 g/mol. The van der Waals surface area contributed by atoms with E-state index in [1.807, 2.05) is 0 Å². The molecule has 2 aromatic rings. The molecule has 0 aliphatic heterocycles. The van der Waals surface area contributed by atoms with Gasteiger partial charge in [-0.25, -0.2) is 5.43 Å². The van der Waals surface area contributed by atoms with Crippen molar-refractivity contribution >= 4 is 15.9 Å². The van der Waals surface area contributed by atoms with Crippen LogP contribution < -0.4 is 11.3 Å². The molecule has 0 amide bonds. The summed E-state index contributed by atoms with van der Waals surface area (Å²) < 4.78 is 1.07. The molecule has 1 unspecified atom stereocenters. The van der Waals surface area contributed by atoms with Gasteiger partial charge in [-0.05, 0) is 36.1 Å². The van der Waals surface area contributed by atoms with Crippen molar-refractivity contribution < 1.29 is 0 Å². The van der Waals surface area contributed by atoms with Crippen molar-refractivity contribution in [2.45, 2.75) is 32.7 Å².